The van der Waals surface area contributed by atoms with Crippen LogP contribution in [0.25, 0.3) is 22.2 Å². The molecular formula is C23H19ClN4O. The third-order valence-corrected chi connectivity index (χ3v) is 4.84. The Morgan fingerprint density at radius 2 is 1.79 bits per heavy atom. The minimum atomic E-state index is 0. The maximum absolute atomic E-state index is 5.72. The Hall–Kier alpha value is -3.28. The van der Waals surface area contributed by atoms with Crippen molar-refractivity contribution in [1.82, 2.24) is 4.98 Å². The predicted octanol–water partition coefficient (Wildman–Crippen LogP) is 0.312. The van der Waals surface area contributed by atoms with Gasteiger partial charge >= 0.3 is 0 Å². The predicted molar refractivity (Wildman–Crippen MR) is 111 cm³/mol. The fourth-order valence-electron chi connectivity index (χ4n) is 3.49. The second kappa shape index (κ2) is 7.99. The van der Waals surface area contributed by atoms with Crippen molar-refractivity contribution in [3.63, 3.8) is 0 Å². The zero-order chi connectivity index (χ0) is 18.9. The highest BCUT2D eigenvalue weighted by Crippen LogP contribution is 2.22. The first kappa shape index (κ1) is 19.1. The summed E-state index contributed by atoms with van der Waals surface area (Å²) in [5, 5.41) is 1.10. The van der Waals surface area contributed by atoms with Crippen molar-refractivity contribution in [2.24, 2.45) is 9.98 Å². The fourth-order valence-corrected chi connectivity index (χ4v) is 3.49. The molecule has 5 rings (SSSR count). The molecule has 1 aromatic heterocycles. The van der Waals surface area contributed by atoms with E-state index in [2.05, 4.69) is 47.5 Å². The van der Waals surface area contributed by atoms with Crippen molar-refractivity contribution in [3.8, 4) is 11.3 Å². The van der Waals surface area contributed by atoms with Gasteiger partial charge in [0.15, 0.2) is 0 Å². The summed E-state index contributed by atoms with van der Waals surface area (Å²) in [7, 11) is 0. The average molecular weight is 403 g/mol. The van der Waals surface area contributed by atoms with Crippen molar-refractivity contribution in [2.45, 2.75) is 6.92 Å². The zero-order valence-electron chi connectivity index (χ0n) is 15.8. The van der Waals surface area contributed by atoms with Crippen LogP contribution in [0.4, 0.5) is 0 Å². The lowest BCUT2D eigenvalue weighted by molar-refractivity contribution is -0.690. The summed E-state index contributed by atoms with van der Waals surface area (Å²) in [4.78, 5) is 14.9. The van der Waals surface area contributed by atoms with Crippen LogP contribution in [0.15, 0.2) is 94.6 Å². The van der Waals surface area contributed by atoms with Crippen LogP contribution in [0.1, 0.15) is 12.5 Å². The van der Waals surface area contributed by atoms with Gasteiger partial charge in [-0.2, -0.15) is 4.99 Å². The Kier molecular flexibility index (Phi) is 5.25. The lowest BCUT2D eigenvalue weighted by Crippen LogP contribution is -3.08. The molecule has 5 nitrogen and oxygen atoms in total. The van der Waals surface area contributed by atoms with Crippen LogP contribution < -0.4 is 17.3 Å². The molecule has 6 heteroatoms. The van der Waals surface area contributed by atoms with Crippen molar-refractivity contribution >= 4 is 23.0 Å². The Balaban J connectivity index is 0.00000205. The molecule has 2 aromatic carbocycles. The van der Waals surface area contributed by atoms with E-state index in [4.69, 9.17) is 14.7 Å². The van der Waals surface area contributed by atoms with Gasteiger partial charge in [-0.05, 0) is 25.1 Å². The Labute approximate surface area is 175 Å². The van der Waals surface area contributed by atoms with E-state index >= 15 is 0 Å². The van der Waals surface area contributed by atoms with Crippen LogP contribution in [0.2, 0.25) is 0 Å². The van der Waals surface area contributed by atoms with Crippen molar-refractivity contribution in [2.75, 3.05) is 6.61 Å². The third kappa shape index (κ3) is 3.46. The first-order valence-corrected chi connectivity index (χ1v) is 9.33. The molecule has 0 spiro atoms. The molecule has 0 radical (unpaired) electrons. The second-order valence-corrected chi connectivity index (χ2v) is 6.59. The number of quaternary nitrogens is 1. The third-order valence-electron chi connectivity index (χ3n) is 4.84. The summed E-state index contributed by atoms with van der Waals surface area (Å²) in [5.74, 6) is 1.53. The van der Waals surface area contributed by atoms with Gasteiger partial charge in [0.2, 0.25) is 11.5 Å². The molecule has 3 aromatic rings. The molecule has 0 saturated carbocycles. The number of pyridine rings is 1. The summed E-state index contributed by atoms with van der Waals surface area (Å²) >= 11 is 0. The maximum Gasteiger partial charge on any atom is 0.284 e. The number of fused-ring (bicyclic) bond motifs is 2. The number of ether oxygens (including phenoxy) is 1. The van der Waals surface area contributed by atoms with Crippen LogP contribution in [-0.4, -0.2) is 23.6 Å². The zero-order valence-corrected chi connectivity index (χ0v) is 16.6. The molecule has 2 aliphatic heterocycles. The number of aliphatic imine (C=N–C) groups is 2. The monoisotopic (exact) mass is 402 g/mol. The molecule has 0 saturated heterocycles. The van der Waals surface area contributed by atoms with E-state index < -0.39 is 0 Å². The molecule has 2 aliphatic rings. The first-order chi connectivity index (χ1) is 13.8. The molecule has 1 N–H and O–H groups in total. The van der Waals surface area contributed by atoms with Gasteiger partial charge in [-0.1, -0.05) is 42.5 Å². The Morgan fingerprint density at radius 3 is 2.62 bits per heavy atom. The van der Waals surface area contributed by atoms with Gasteiger partial charge in [0.1, 0.15) is 6.20 Å². The van der Waals surface area contributed by atoms with Gasteiger partial charge in [0.25, 0.3) is 5.88 Å². The number of halogens is 1. The number of nitrogens with one attached hydrogen (secondary N) is 1. The van der Waals surface area contributed by atoms with E-state index in [9.17, 15) is 0 Å². The number of benzene rings is 2. The summed E-state index contributed by atoms with van der Waals surface area (Å²) in [6.07, 6.45) is 5.58. The number of aromatic nitrogens is 1. The highest BCUT2D eigenvalue weighted by molar-refractivity contribution is 6.00. The molecule has 3 heterocycles. The minimum Gasteiger partial charge on any atom is -1.00 e. The van der Waals surface area contributed by atoms with E-state index in [0.717, 1.165) is 44.2 Å². The number of allylic oxidation sites excluding steroid dienone is 1. The van der Waals surface area contributed by atoms with Crippen LogP contribution in [0.5, 0.6) is 0 Å². The van der Waals surface area contributed by atoms with E-state index in [1.807, 2.05) is 37.5 Å². The number of hydrogen-bond acceptors (Lipinski definition) is 4. The van der Waals surface area contributed by atoms with Gasteiger partial charge in [-0.3, -0.25) is 4.99 Å². The van der Waals surface area contributed by atoms with Crippen LogP contribution in [-0.2, 0) is 4.74 Å². The normalized spacial score (nSPS) is 17.1. The van der Waals surface area contributed by atoms with Gasteiger partial charge in [-0.25, -0.2) is 9.88 Å². The van der Waals surface area contributed by atoms with E-state index in [1.54, 1.807) is 6.20 Å². The Bertz CT molecular complexity index is 1180. The molecular weight excluding hydrogens is 384 g/mol. The quantitative estimate of drug-likeness (QED) is 0.683. The van der Waals surface area contributed by atoms with Gasteiger partial charge in [-0.15, -0.1) is 0 Å². The summed E-state index contributed by atoms with van der Waals surface area (Å²) in [5.41, 5.74) is 4.97. The molecule has 1 unspecified atom stereocenters. The second-order valence-electron chi connectivity index (χ2n) is 6.59. The van der Waals surface area contributed by atoms with Crippen LogP contribution in [0, 0.1) is 0 Å². The smallest absolute Gasteiger partial charge is 0.284 e. The van der Waals surface area contributed by atoms with Crippen molar-refractivity contribution < 1.29 is 22.0 Å². The highest BCUT2D eigenvalue weighted by atomic mass is 35.5. The molecule has 144 valence electrons. The van der Waals surface area contributed by atoms with Gasteiger partial charge in [0, 0.05) is 10.9 Å². The van der Waals surface area contributed by atoms with Crippen LogP contribution >= 0.6 is 0 Å². The standard InChI is InChI=1S/C23H18N4O.ClH/c1-2-28-23-21-15-24-12-13-27(21)22(26-23)18-9-8-17-10-11-19(25-20(17)14-18)16-6-4-3-5-7-16;/h3-15H,2H2,1H3;1H. The number of amidine groups is 1. The minimum absolute atomic E-state index is 0. The summed E-state index contributed by atoms with van der Waals surface area (Å²) in [6, 6.07) is 20.7. The van der Waals surface area contributed by atoms with Gasteiger partial charge in [0.05, 0.1) is 35.8 Å². The van der Waals surface area contributed by atoms with Crippen molar-refractivity contribution in [1.29, 1.82) is 0 Å². The molecule has 0 fully saturated rings. The molecule has 0 aliphatic carbocycles. The molecule has 29 heavy (non-hydrogen) atoms. The largest absolute Gasteiger partial charge is 1.00 e. The number of rotatable bonds is 4. The fraction of sp³-hybridized carbons (Fsp3) is 0.0870. The average Bonchev–Trinajstić information content (AvgIpc) is 3.13. The molecule has 1 atom stereocenters. The lowest BCUT2D eigenvalue weighted by atomic mass is 10.1. The van der Waals surface area contributed by atoms with E-state index in [1.165, 1.54) is 0 Å². The maximum atomic E-state index is 5.72. The Morgan fingerprint density at radius 1 is 0.966 bits per heavy atom. The van der Waals surface area contributed by atoms with Crippen LogP contribution in [0.3, 0.4) is 0 Å². The SMILES string of the molecule is CCOC1=C2C=NC=C[NH+]2C(c2ccc3ccc(-c4ccccc4)nc3c2)=N1.[Cl-]. The topological polar surface area (TPSA) is 51.3 Å². The summed E-state index contributed by atoms with van der Waals surface area (Å²) in [6.45, 7) is 2.53. The highest BCUT2D eigenvalue weighted by Gasteiger charge is 2.34. The summed E-state index contributed by atoms with van der Waals surface area (Å²) < 4.78 is 5.72. The number of nitrogens with zero attached hydrogens (tertiary/aromatic N) is 3. The van der Waals surface area contributed by atoms with Gasteiger partial charge < -0.3 is 17.1 Å². The van der Waals surface area contributed by atoms with E-state index in [0.29, 0.717) is 12.5 Å². The number of hydrogen-bond donors (Lipinski definition) is 1. The van der Waals surface area contributed by atoms with E-state index in [-0.39, 0.29) is 12.4 Å². The van der Waals surface area contributed by atoms with Crippen molar-refractivity contribution in [3.05, 3.63) is 90.2 Å². The molecule has 0 amide bonds. The first-order valence-electron chi connectivity index (χ1n) is 9.33. The lowest BCUT2D eigenvalue weighted by Gasteiger charge is -2.13. The molecule has 0 bridgehead atoms.